The maximum atomic E-state index is 8.74. The van der Waals surface area contributed by atoms with Crippen LogP contribution in [0.4, 0.5) is 0 Å². The Morgan fingerprint density at radius 3 is 0.600 bits per heavy atom. The van der Waals surface area contributed by atoms with E-state index in [4.69, 9.17) is 17.5 Å². The number of rotatable bonds is 0. The molecule has 0 spiro atoms. The Kier molecular flexibility index (Phi) is 334. The standard InChI is InChI=1S/3C2H4.4H3N.H2O4S/c3*1-2;;;;;1-5(2,3)4/h3*1-2H2;4*1H3;(H2,1,2,3,4). The van der Waals surface area contributed by atoms with E-state index in [9.17, 15) is 0 Å². The van der Waals surface area contributed by atoms with Crippen molar-refractivity contribution in [3.63, 3.8) is 0 Å². The molecule has 15 heavy (non-hydrogen) atoms. The minimum atomic E-state index is -4.67. The molecular weight excluding hydrogens is 224 g/mol. The Bertz CT molecular complexity index is 138. The average Bonchev–Trinajstić information content (AvgIpc) is 1.96. The Hall–Kier alpha value is -1.07. The van der Waals surface area contributed by atoms with Gasteiger partial charge in [-0.1, -0.05) is 0 Å². The molecule has 0 radical (unpaired) electrons. The lowest BCUT2D eigenvalue weighted by molar-refractivity contribution is 0.381. The smallest absolute Gasteiger partial charge is 0.344 e. The van der Waals surface area contributed by atoms with Gasteiger partial charge in [-0.2, -0.15) is 8.42 Å². The molecular formula is C6H26N4O4S. The number of hydrogen-bond acceptors (Lipinski definition) is 6. The molecule has 0 bridgehead atoms. The molecule has 0 rings (SSSR count). The van der Waals surface area contributed by atoms with Crippen molar-refractivity contribution >= 4 is 10.4 Å². The first kappa shape index (κ1) is 66.2. The summed E-state index contributed by atoms with van der Waals surface area (Å²) in [5.41, 5.74) is 0. The highest BCUT2D eigenvalue weighted by molar-refractivity contribution is 7.79. The van der Waals surface area contributed by atoms with Crippen molar-refractivity contribution in [3.05, 3.63) is 39.5 Å². The minimum absolute atomic E-state index is 0. The lowest BCUT2D eigenvalue weighted by atomic mass is 11.3. The third-order valence-electron chi connectivity index (χ3n) is 0. The molecule has 8 nitrogen and oxygen atoms in total. The van der Waals surface area contributed by atoms with Crippen molar-refractivity contribution in [2.45, 2.75) is 0 Å². The summed E-state index contributed by atoms with van der Waals surface area (Å²) in [6, 6.07) is 0. The fourth-order valence-electron chi connectivity index (χ4n) is 0. The largest absolute Gasteiger partial charge is 0.394 e. The van der Waals surface area contributed by atoms with Gasteiger partial charge in [0, 0.05) is 0 Å². The van der Waals surface area contributed by atoms with Gasteiger partial charge in [0.25, 0.3) is 0 Å². The Morgan fingerprint density at radius 2 is 0.600 bits per heavy atom. The first-order chi connectivity index (χ1) is 5.00. The zero-order valence-electron chi connectivity index (χ0n) is 9.19. The van der Waals surface area contributed by atoms with E-state index < -0.39 is 10.4 Å². The molecule has 0 aliphatic carbocycles. The van der Waals surface area contributed by atoms with E-state index in [1.54, 1.807) is 0 Å². The Labute approximate surface area is 92.7 Å². The van der Waals surface area contributed by atoms with Gasteiger partial charge >= 0.3 is 10.4 Å². The van der Waals surface area contributed by atoms with Gasteiger partial charge in [-0.05, 0) is 0 Å². The maximum absolute atomic E-state index is 8.74. The van der Waals surface area contributed by atoms with E-state index in [0.717, 1.165) is 0 Å². The molecule has 0 fully saturated rings. The van der Waals surface area contributed by atoms with Gasteiger partial charge in [-0.15, -0.1) is 39.5 Å². The predicted molar refractivity (Wildman–Crippen MR) is 68.0 cm³/mol. The zero-order valence-corrected chi connectivity index (χ0v) is 10.0. The van der Waals surface area contributed by atoms with Crippen LogP contribution in [0, 0.1) is 0 Å². The number of hydrogen-bond donors (Lipinski definition) is 6. The van der Waals surface area contributed by atoms with E-state index in [0.29, 0.717) is 0 Å². The van der Waals surface area contributed by atoms with Crippen LogP contribution < -0.4 is 24.6 Å². The van der Waals surface area contributed by atoms with Crippen LogP contribution in [0.2, 0.25) is 0 Å². The topological polar surface area (TPSA) is 215 Å². The van der Waals surface area contributed by atoms with E-state index in [1.165, 1.54) is 0 Å². The predicted octanol–water partition coefficient (Wildman–Crippen LogP) is 2.40. The van der Waals surface area contributed by atoms with Crippen LogP contribution in [0.15, 0.2) is 39.5 Å². The molecule has 0 unspecified atom stereocenters. The van der Waals surface area contributed by atoms with E-state index in [-0.39, 0.29) is 24.6 Å². The highest BCUT2D eigenvalue weighted by Crippen LogP contribution is 1.59. The van der Waals surface area contributed by atoms with Crippen molar-refractivity contribution in [1.82, 2.24) is 24.6 Å². The summed E-state index contributed by atoms with van der Waals surface area (Å²) in [7, 11) is -4.67. The molecule has 0 saturated heterocycles. The average molecular weight is 250 g/mol. The fraction of sp³-hybridized carbons (Fsp3) is 0. The quantitative estimate of drug-likeness (QED) is 0.276. The van der Waals surface area contributed by atoms with Crippen molar-refractivity contribution in [2.75, 3.05) is 0 Å². The summed E-state index contributed by atoms with van der Waals surface area (Å²) >= 11 is 0. The second-order valence-corrected chi connectivity index (χ2v) is 1.34. The van der Waals surface area contributed by atoms with Gasteiger partial charge in [-0.3, -0.25) is 9.11 Å². The molecule has 0 aliphatic rings. The lowest BCUT2D eigenvalue weighted by Crippen LogP contribution is -1.89. The van der Waals surface area contributed by atoms with Crippen LogP contribution in [0.3, 0.4) is 0 Å². The molecule has 9 heteroatoms. The highest BCUT2D eigenvalue weighted by Gasteiger charge is 1.84. The summed E-state index contributed by atoms with van der Waals surface area (Å²) in [5, 5.41) is 0. The molecule has 0 saturated carbocycles. The highest BCUT2D eigenvalue weighted by atomic mass is 32.3. The minimum Gasteiger partial charge on any atom is -0.344 e. The molecule has 0 amide bonds. The Morgan fingerprint density at radius 1 is 0.600 bits per heavy atom. The van der Waals surface area contributed by atoms with Gasteiger partial charge < -0.3 is 24.6 Å². The van der Waals surface area contributed by atoms with Crippen molar-refractivity contribution in [3.8, 4) is 0 Å². The first-order valence-corrected chi connectivity index (χ1v) is 3.60. The summed E-state index contributed by atoms with van der Waals surface area (Å²) in [6.45, 7) is 18.0. The van der Waals surface area contributed by atoms with Crippen molar-refractivity contribution in [2.24, 2.45) is 0 Å². The second-order valence-electron chi connectivity index (χ2n) is 0.448. The molecule has 0 atom stereocenters. The SMILES string of the molecule is C=C.C=C.C=C.N.N.N.N.O=S(=O)(O)O. The van der Waals surface area contributed by atoms with Crippen molar-refractivity contribution < 1.29 is 17.5 Å². The summed E-state index contributed by atoms with van der Waals surface area (Å²) in [4.78, 5) is 0. The van der Waals surface area contributed by atoms with Gasteiger partial charge in [0.1, 0.15) is 0 Å². The molecule has 100 valence electrons. The summed E-state index contributed by atoms with van der Waals surface area (Å²) < 4.78 is 31.6. The van der Waals surface area contributed by atoms with Crippen molar-refractivity contribution in [1.29, 1.82) is 0 Å². The fourth-order valence-corrected chi connectivity index (χ4v) is 0. The van der Waals surface area contributed by atoms with Gasteiger partial charge in [0.05, 0.1) is 0 Å². The van der Waals surface area contributed by atoms with Crippen LogP contribution in [-0.4, -0.2) is 17.5 Å². The molecule has 0 heterocycles. The first-order valence-electron chi connectivity index (χ1n) is 2.20. The van der Waals surface area contributed by atoms with Crippen LogP contribution in [0.1, 0.15) is 0 Å². The third-order valence-corrected chi connectivity index (χ3v) is 0. The van der Waals surface area contributed by atoms with Gasteiger partial charge in [0.2, 0.25) is 0 Å². The molecule has 0 aromatic heterocycles. The van der Waals surface area contributed by atoms with Crippen LogP contribution in [-0.2, 0) is 10.4 Å². The molecule has 0 aromatic rings. The Balaban J connectivity index is -0.00000000736. The third kappa shape index (κ3) is 1350. The normalized spacial score (nSPS) is 4.67. The van der Waals surface area contributed by atoms with Crippen LogP contribution >= 0.6 is 0 Å². The monoisotopic (exact) mass is 250 g/mol. The van der Waals surface area contributed by atoms with Gasteiger partial charge in [0.15, 0.2) is 0 Å². The van der Waals surface area contributed by atoms with Crippen LogP contribution in [0.25, 0.3) is 0 Å². The van der Waals surface area contributed by atoms with E-state index in [2.05, 4.69) is 39.5 Å². The van der Waals surface area contributed by atoms with E-state index >= 15 is 0 Å². The summed E-state index contributed by atoms with van der Waals surface area (Å²) in [5.74, 6) is 0. The summed E-state index contributed by atoms with van der Waals surface area (Å²) in [6.07, 6.45) is 0. The lowest BCUT2D eigenvalue weighted by Gasteiger charge is -1.68. The molecule has 0 aliphatic heterocycles. The van der Waals surface area contributed by atoms with E-state index in [1.807, 2.05) is 0 Å². The van der Waals surface area contributed by atoms with Gasteiger partial charge in [-0.25, -0.2) is 0 Å². The molecule has 0 aromatic carbocycles. The van der Waals surface area contributed by atoms with Crippen LogP contribution in [0.5, 0.6) is 0 Å². The second kappa shape index (κ2) is 75.7. The molecule has 14 N–H and O–H groups in total. The zero-order chi connectivity index (χ0) is 10.5. The maximum Gasteiger partial charge on any atom is 0.394 e.